The van der Waals surface area contributed by atoms with Gasteiger partial charge >= 0.3 is 0 Å². The summed E-state index contributed by atoms with van der Waals surface area (Å²) in [4.78, 5) is 28.8. The van der Waals surface area contributed by atoms with Gasteiger partial charge in [0, 0.05) is 58.2 Å². The van der Waals surface area contributed by atoms with Crippen molar-refractivity contribution >= 4 is 11.8 Å². The Morgan fingerprint density at radius 3 is 2.96 bits per heavy atom. The zero-order valence-corrected chi connectivity index (χ0v) is 15.5. The number of hydrogen-bond donors (Lipinski definition) is 0. The number of hydrogen-bond acceptors (Lipinski definition) is 6. The number of carbonyl (C=O) groups is 2. The molecule has 0 N–H and O–H groups in total. The third kappa shape index (κ3) is 4.57. The van der Waals surface area contributed by atoms with Gasteiger partial charge in [0.25, 0.3) is 0 Å². The molecule has 0 aromatic carbocycles. The lowest BCUT2D eigenvalue weighted by Gasteiger charge is -2.48. The number of methoxy groups -OCH3 is 1. The first kappa shape index (κ1) is 18.8. The highest BCUT2D eigenvalue weighted by Crippen LogP contribution is 2.39. The van der Waals surface area contributed by atoms with Crippen LogP contribution in [0.2, 0.25) is 0 Å². The van der Waals surface area contributed by atoms with E-state index in [0.717, 1.165) is 51.9 Å². The molecule has 1 unspecified atom stereocenters. The Labute approximate surface area is 153 Å². The Kier molecular flexibility index (Phi) is 6.18. The van der Waals surface area contributed by atoms with Crippen LogP contribution in [0.25, 0.3) is 0 Å². The summed E-state index contributed by atoms with van der Waals surface area (Å²) in [6.07, 6.45) is 6.32. The molecule has 1 spiro atoms. The van der Waals surface area contributed by atoms with Crippen LogP contribution in [-0.4, -0.2) is 81.7 Å². The SMILES string of the molecule is COCCCN1CC2(CCCN(C(=O)CCn3cnnn3)C2)CCC1=O. The van der Waals surface area contributed by atoms with E-state index in [1.165, 1.54) is 6.33 Å². The van der Waals surface area contributed by atoms with Crippen molar-refractivity contribution in [2.45, 2.75) is 45.1 Å². The van der Waals surface area contributed by atoms with Crippen molar-refractivity contribution in [3.05, 3.63) is 6.33 Å². The number of nitrogens with zero attached hydrogens (tertiary/aromatic N) is 6. The maximum absolute atomic E-state index is 12.6. The fourth-order valence-corrected chi connectivity index (χ4v) is 4.11. The summed E-state index contributed by atoms with van der Waals surface area (Å²) in [6.45, 7) is 4.20. The van der Waals surface area contributed by atoms with Crippen molar-refractivity contribution in [1.82, 2.24) is 30.0 Å². The molecule has 1 aromatic heterocycles. The minimum Gasteiger partial charge on any atom is -0.385 e. The fourth-order valence-electron chi connectivity index (χ4n) is 4.11. The van der Waals surface area contributed by atoms with Gasteiger partial charge in [0.05, 0.1) is 6.54 Å². The molecule has 2 fully saturated rings. The largest absolute Gasteiger partial charge is 0.385 e. The van der Waals surface area contributed by atoms with E-state index >= 15 is 0 Å². The molecule has 0 bridgehead atoms. The predicted octanol–water partition coefficient (Wildman–Crippen LogP) is 0.331. The van der Waals surface area contributed by atoms with Crippen molar-refractivity contribution in [1.29, 1.82) is 0 Å². The average Bonchev–Trinajstić information content (AvgIpc) is 3.17. The Balaban J connectivity index is 1.55. The molecule has 2 aliphatic heterocycles. The molecule has 2 amide bonds. The van der Waals surface area contributed by atoms with Crippen molar-refractivity contribution in [3.63, 3.8) is 0 Å². The minimum atomic E-state index is 0.0453. The molecule has 9 nitrogen and oxygen atoms in total. The molecule has 1 aromatic rings. The highest BCUT2D eigenvalue weighted by atomic mass is 16.5. The van der Waals surface area contributed by atoms with E-state index in [1.54, 1.807) is 11.8 Å². The van der Waals surface area contributed by atoms with Gasteiger partial charge < -0.3 is 14.5 Å². The summed E-state index contributed by atoms with van der Waals surface area (Å²) in [6, 6.07) is 0. The topological polar surface area (TPSA) is 93.4 Å². The van der Waals surface area contributed by atoms with Gasteiger partial charge in [-0.15, -0.1) is 5.10 Å². The standard InChI is InChI=1S/C17H28N6O3/c1-26-11-3-9-22-13-17(7-4-15(22)24)6-2-8-21(12-17)16(25)5-10-23-14-18-19-20-23/h14H,2-13H2,1H3. The van der Waals surface area contributed by atoms with Gasteiger partial charge in [0.1, 0.15) is 6.33 Å². The Morgan fingerprint density at radius 1 is 1.31 bits per heavy atom. The summed E-state index contributed by atoms with van der Waals surface area (Å²) in [7, 11) is 1.68. The monoisotopic (exact) mass is 364 g/mol. The van der Waals surface area contributed by atoms with Crippen LogP contribution in [0.1, 0.15) is 38.5 Å². The van der Waals surface area contributed by atoms with E-state index in [0.29, 0.717) is 26.0 Å². The Hall–Kier alpha value is -2.03. The molecule has 26 heavy (non-hydrogen) atoms. The Morgan fingerprint density at radius 2 is 2.19 bits per heavy atom. The van der Waals surface area contributed by atoms with E-state index in [2.05, 4.69) is 15.5 Å². The minimum absolute atomic E-state index is 0.0453. The van der Waals surface area contributed by atoms with Gasteiger partial charge in [-0.3, -0.25) is 9.59 Å². The second-order valence-corrected chi connectivity index (χ2v) is 7.40. The molecule has 144 valence electrons. The lowest BCUT2D eigenvalue weighted by molar-refractivity contribution is -0.143. The molecule has 0 saturated carbocycles. The molecule has 1 atom stereocenters. The lowest BCUT2D eigenvalue weighted by atomic mass is 9.73. The van der Waals surface area contributed by atoms with Crippen LogP contribution in [0.15, 0.2) is 6.33 Å². The second kappa shape index (κ2) is 8.57. The summed E-state index contributed by atoms with van der Waals surface area (Å²) < 4.78 is 6.68. The average molecular weight is 364 g/mol. The molecule has 9 heteroatoms. The van der Waals surface area contributed by atoms with Crippen LogP contribution in [0.5, 0.6) is 0 Å². The van der Waals surface area contributed by atoms with E-state index in [9.17, 15) is 9.59 Å². The summed E-state index contributed by atoms with van der Waals surface area (Å²) in [5.74, 6) is 0.372. The maximum Gasteiger partial charge on any atom is 0.224 e. The number of aromatic nitrogens is 4. The summed E-state index contributed by atoms with van der Waals surface area (Å²) >= 11 is 0. The summed E-state index contributed by atoms with van der Waals surface area (Å²) in [5.41, 5.74) is 0.0453. The van der Waals surface area contributed by atoms with Crippen molar-refractivity contribution in [3.8, 4) is 0 Å². The highest BCUT2D eigenvalue weighted by Gasteiger charge is 2.42. The number of aryl methyl sites for hydroxylation is 1. The van der Waals surface area contributed by atoms with Gasteiger partial charge in [-0.25, -0.2) is 4.68 Å². The van der Waals surface area contributed by atoms with Crippen molar-refractivity contribution in [2.24, 2.45) is 5.41 Å². The molecule has 2 saturated heterocycles. The van der Waals surface area contributed by atoms with E-state index < -0.39 is 0 Å². The van der Waals surface area contributed by atoms with Crippen molar-refractivity contribution < 1.29 is 14.3 Å². The number of likely N-dealkylation sites (tertiary alicyclic amines) is 2. The first-order chi connectivity index (χ1) is 12.6. The van der Waals surface area contributed by atoms with Crippen LogP contribution in [0.3, 0.4) is 0 Å². The molecule has 3 heterocycles. The maximum atomic E-state index is 12.6. The van der Waals surface area contributed by atoms with Gasteiger partial charge in [0.2, 0.25) is 11.8 Å². The van der Waals surface area contributed by atoms with E-state index in [-0.39, 0.29) is 17.2 Å². The smallest absolute Gasteiger partial charge is 0.224 e. The lowest BCUT2D eigenvalue weighted by Crippen LogP contribution is -2.55. The van der Waals surface area contributed by atoms with Gasteiger partial charge in [-0.05, 0) is 36.1 Å². The first-order valence-electron chi connectivity index (χ1n) is 9.37. The molecule has 3 rings (SSSR count). The van der Waals surface area contributed by atoms with Gasteiger partial charge in [-0.2, -0.15) is 0 Å². The number of amides is 2. The summed E-state index contributed by atoms with van der Waals surface area (Å²) in [5, 5.41) is 11.0. The second-order valence-electron chi connectivity index (χ2n) is 7.40. The third-order valence-corrected chi connectivity index (χ3v) is 5.49. The highest BCUT2D eigenvalue weighted by molar-refractivity contribution is 5.78. The number of carbonyl (C=O) groups excluding carboxylic acids is 2. The quantitative estimate of drug-likeness (QED) is 0.647. The molecular weight excluding hydrogens is 336 g/mol. The van der Waals surface area contributed by atoms with Gasteiger partial charge in [-0.1, -0.05) is 0 Å². The van der Waals surface area contributed by atoms with Crippen LogP contribution in [0.4, 0.5) is 0 Å². The van der Waals surface area contributed by atoms with Crippen LogP contribution in [0, 0.1) is 5.41 Å². The number of piperidine rings is 2. The van der Waals surface area contributed by atoms with Crippen LogP contribution in [-0.2, 0) is 20.9 Å². The normalized spacial score (nSPS) is 23.7. The Bertz CT molecular complexity index is 608. The van der Waals surface area contributed by atoms with E-state index in [1.807, 2.05) is 9.80 Å². The number of ether oxygens (including phenoxy) is 1. The molecule has 0 radical (unpaired) electrons. The van der Waals surface area contributed by atoms with Crippen LogP contribution < -0.4 is 0 Å². The molecular formula is C17H28N6O3. The van der Waals surface area contributed by atoms with Crippen molar-refractivity contribution in [2.75, 3.05) is 39.9 Å². The number of rotatable bonds is 7. The number of tetrazole rings is 1. The zero-order chi connectivity index (χ0) is 18.4. The molecule has 0 aliphatic carbocycles. The molecule has 2 aliphatic rings. The zero-order valence-electron chi connectivity index (χ0n) is 15.5. The third-order valence-electron chi connectivity index (χ3n) is 5.49. The fraction of sp³-hybridized carbons (Fsp3) is 0.824. The van der Waals surface area contributed by atoms with Gasteiger partial charge in [0.15, 0.2) is 0 Å². The first-order valence-corrected chi connectivity index (χ1v) is 9.37. The van der Waals surface area contributed by atoms with Crippen LogP contribution >= 0.6 is 0 Å². The van der Waals surface area contributed by atoms with E-state index in [4.69, 9.17) is 4.74 Å². The predicted molar refractivity (Wildman–Crippen MR) is 93.0 cm³/mol.